The molecule has 5 heteroatoms. The maximum atomic E-state index is 6.15. The number of hydrogen-bond donors (Lipinski definition) is 1. The van der Waals surface area contributed by atoms with Gasteiger partial charge in [-0.2, -0.15) is 0 Å². The van der Waals surface area contributed by atoms with Gasteiger partial charge in [-0.1, -0.05) is 41.4 Å². The molecule has 0 aliphatic carbocycles. The molecule has 0 spiro atoms. The van der Waals surface area contributed by atoms with E-state index in [0.717, 1.165) is 17.2 Å². The first-order valence-corrected chi connectivity index (χ1v) is 7.36. The van der Waals surface area contributed by atoms with Gasteiger partial charge in [-0.15, -0.1) is 11.3 Å². The molecule has 19 heavy (non-hydrogen) atoms. The monoisotopic (exact) mass is 291 g/mol. The quantitative estimate of drug-likeness (QED) is 0.795. The Bertz CT molecular complexity index is 684. The van der Waals surface area contributed by atoms with Gasteiger partial charge in [-0.3, -0.25) is 4.40 Å². The van der Waals surface area contributed by atoms with E-state index in [-0.39, 0.29) is 0 Å². The molecule has 0 fully saturated rings. The molecule has 3 nitrogen and oxygen atoms in total. The van der Waals surface area contributed by atoms with E-state index in [1.165, 1.54) is 11.1 Å². The third-order valence-corrected chi connectivity index (χ3v) is 4.11. The number of thiazole rings is 1. The molecule has 0 amide bonds. The fourth-order valence-corrected chi connectivity index (χ4v) is 3.02. The first kappa shape index (κ1) is 12.7. The van der Waals surface area contributed by atoms with E-state index in [4.69, 9.17) is 11.6 Å². The van der Waals surface area contributed by atoms with Gasteiger partial charge in [-0.05, 0) is 12.5 Å². The maximum absolute atomic E-state index is 6.15. The molecule has 2 aromatic heterocycles. The Hall–Kier alpha value is -1.36. The Balaban J connectivity index is 1.67. The zero-order chi connectivity index (χ0) is 13.2. The van der Waals surface area contributed by atoms with Crippen LogP contribution in [-0.2, 0) is 13.1 Å². The van der Waals surface area contributed by atoms with Crippen molar-refractivity contribution < 1.29 is 0 Å². The number of hydrogen-bond acceptors (Lipinski definition) is 3. The molecule has 0 saturated carbocycles. The maximum Gasteiger partial charge on any atom is 0.195 e. The third kappa shape index (κ3) is 2.66. The molecule has 0 atom stereocenters. The summed E-state index contributed by atoms with van der Waals surface area (Å²) in [6.45, 7) is 3.63. The lowest BCUT2D eigenvalue weighted by atomic mass is 10.1. The number of benzene rings is 1. The lowest BCUT2D eigenvalue weighted by Gasteiger charge is -2.05. The second-order valence-electron chi connectivity index (χ2n) is 4.49. The number of fused-ring (bicyclic) bond motifs is 1. The fraction of sp³-hybridized carbons (Fsp3) is 0.214. The highest BCUT2D eigenvalue weighted by Gasteiger charge is 2.10. The van der Waals surface area contributed by atoms with Crippen molar-refractivity contribution in [3.8, 4) is 0 Å². The number of rotatable bonds is 4. The number of aryl methyl sites for hydroxylation is 1. The van der Waals surface area contributed by atoms with E-state index in [9.17, 15) is 0 Å². The van der Waals surface area contributed by atoms with Crippen LogP contribution in [0.15, 0.2) is 35.8 Å². The molecule has 1 aromatic carbocycles. The highest BCUT2D eigenvalue weighted by Crippen LogP contribution is 2.21. The fourth-order valence-electron chi connectivity index (χ4n) is 2.00. The lowest BCUT2D eigenvalue weighted by Crippen LogP contribution is -2.14. The van der Waals surface area contributed by atoms with Crippen LogP contribution in [0.25, 0.3) is 4.96 Å². The summed E-state index contributed by atoms with van der Waals surface area (Å²) in [7, 11) is 0. The van der Waals surface area contributed by atoms with Crippen LogP contribution in [-0.4, -0.2) is 9.38 Å². The summed E-state index contributed by atoms with van der Waals surface area (Å²) in [5.74, 6) is 0. The molecular formula is C14H14ClN3S. The number of aromatic nitrogens is 2. The first-order chi connectivity index (χ1) is 9.24. The van der Waals surface area contributed by atoms with E-state index < -0.39 is 0 Å². The van der Waals surface area contributed by atoms with Crippen LogP contribution >= 0.6 is 22.9 Å². The molecule has 0 saturated heterocycles. The van der Waals surface area contributed by atoms with Crippen LogP contribution in [0.2, 0.25) is 5.15 Å². The number of nitrogens with zero attached hydrogens (tertiary/aromatic N) is 2. The van der Waals surface area contributed by atoms with Gasteiger partial charge in [0.2, 0.25) is 0 Å². The molecular weight excluding hydrogens is 278 g/mol. The Labute approximate surface area is 120 Å². The summed E-state index contributed by atoms with van der Waals surface area (Å²) in [5, 5.41) is 6.01. The minimum atomic E-state index is 0.586. The van der Waals surface area contributed by atoms with E-state index in [1.807, 2.05) is 16.0 Å². The predicted octanol–water partition coefficient (Wildman–Crippen LogP) is 3.65. The predicted molar refractivity (Wildman–Crippen MR) is 79.8 cm³/mol. The molecule has 98 valence electrons. The summed E-state index contributed by atoms with van der Waals surface area (Å²) in [4.78, 5) is 5.26. The van der Waals surface area contributed by atoms with Crippen LogP contribution in [0, 0.1) is 6.92 Å². The average Bonchev–Trinajstić information content (AvgIpc) is 2.94. The van der Waals surface area contributed by atoms with Crippen molar-refractivity contribution in [1.29, 1.82) is 0 Å². The summed E-state index contributed by atoms with van der Waals surface area (Å²) in [5.41, 5.74) is 3.57. The van der Waals surface area contributed by atoms with Gasteiger partial charge in [0.1, 0.15) is 0 Å². The van der Waals surface area contributed by atoms with Crippen molar-refractivity contribution >= 4 is 27.9 Å². The summed E-state index contributed by atoms with van der Waals surface area (Å²) in [6.07, 6.45) is 2.00. The van der Waals surface area contributed by atoms with Crippen LogP contribution in [0.5, 0.6) is 0 Å². The smallest absolute Gasteiger partial charge is 0.195 e. The van der Waals surface area contributed by atoms with E-state index >= 15 is 0 Å². The van der Waals surface area contributed by atoms with Crippen molar-refractivity contribution in [2.24, 2.45) is 0 Å². The van der Waals surface area contributed by atoms with Crippen LogP contribution < -0.4 is 5.32 Å². The first-order valence-electron chi connectivity index (χ1n) is 6.10. The van der Waals surface area contributed by atoms with Crippen LogP contribution in [0.3, 0.4) is 0 Å². The zero-order valence-electron chi connectivity index (χ0n) is 10.6. The minimum absolute atomic E-state index is 0.586. The summed E-state index contributed by atoms with van der Waals surface area (Å²) >= 11 is 7.74. The second-order valence-corrected chi connectivity index (χ2v) is 5.73. The minimum Gasteiger partial charge on any atom is -0.307 e. The highest BCUT2D eigenvalue weighted by molar-refractivity contribution is 7.15. The van der Waals surface area contributed by atoms with Gasteiger partial charge in [0.05, 0.1) is 5.69 Å². The molecule has 0 bridgehead atoms. The number of nitrogens with one attached hydrogen (secondary N) is 1. The van der Waals surface area contributed by atoms with Crippen LogP contribution in [0.4, 0.5) is 0 Å². The highest BCUT2D eigenvalue weighted by atomic mass is 35.5. The third-order valence-electron chi connectivity index (χ3n) is 3.05. The SMILES string of the molecule is Cc1ccc(CNCc2c(Cl)nc3sccn23)cc1. The lowest BCUT2D eigenvalue weighted by molar-refractivity contribution is 0.676. The molecule has 0 aliphatic heterocycles. The molecule has 1 N–H and O–H groups in total. The van der Waals surface area contributed by atoms with Crippen molar-refractivity contribution in [3.63, 3.8) is 0 Å². The molecule has 2 heterocycles. The Morgan fingerprint density at radius 1 is 1.26 bits per heavy atom. The second kappa shape index (κ2) is 5.33. The molecule has 0 aliphatic rings. The zero-order valence-corrected chi connectivity index (χ0v) is 12.1. The molecule has 0 unspecified atom stereocenters. The van der Waals surface area contributed by atoms with Gasteiger partial charge < -0.3 is 5.32 Å². The molecule has 0 radical (unpaired) electrons. The van der Waals surface area contributed by atoms with Crippen molar-refractivity contribution in [2.45, 2.75) is 20.0 Å². The Kier molecular flexibility index (Phi) is 3.55. The Morgan fingerprint density at radius 2 is 2.05 bits per heavy atom. The van der Waals surface area contributed by atoms with Gasteiger partial charge >= 0.3 is 0 Å². The molecule has 3 rings (SSSR count). The molecule has 3 aromatic rings. The summed E-state index contributed by atoms with van der Waals surface area (Å²) in [6, 6.07) is 8.53. The van der Waals surface area contributed by atoms with E-state index in [2.05, 4.69) is 41.5 Å². The number of halogens is 1. The van der Waals surface area contributed by atoms with E-state index in [0.29, 0.717) is 11.7 Å². The normalized spacial score (nSPS) is 11.3. The standard InChI is InChI=1S/C14H14ClN3S/c1-10-2-4-11(5-3-10)8-16-9-12-13(15)17-14-18(12)6-7-19-14/h2-7,16H,8-9H2,1H3. The average molecular weight is 292 g/mol. The summed E-state index contributed by atoms with van der Waals surface area (Å²) < 4.78 is 2.04. The van der Waals surface area contributed by atoms with Gasteiger partial charge in [0, 0.05) is 24.7 Å². The van der Waals surface area contributed by atoms with Gasteiger partial charge in [0.25, 0.3) is 0 Å². The van der Waals surface area contributed by atoms with Crippen LogP contribution in [0.1, 0.15) is 16.8 Å². The topological polar surface area (TPSA) is 29.3 Å². The number of imidazole rings is 1. The van der Waals surface area contributed by atoms with Crippen molar-refractivity contribution in [2.75, 3.05) is 0 Å². The van der Waals surface area contributed by atoms with Crippen molar-refractivity contribution in [3.05, 3.63) is 57.8 Å². The van der Waals surface area contributed by atoms with Gasteiger partial charge in [-0.25, -0.2) is 4.98 Å². The van der Waals surface area contributed by atoms with Crippen molar-refractivity contribution in [1.82, 2.24) is 14.7 Å². The largest absolute Gasteiger partial charge is 0.307 e. The Morgan fingerprint density at radius 3 is 2.84 bits per heavy atom. The van der Waals surface area contributed by atoms with E-state index in [1.54, 1.807) is 11.3 Å². The van der Waals surface area contributed by atoms with Gasteiger partial charge in [0.15, 0.2) is 10.1 Å².